The molecule has 19 heavy (non-hydrogen) atoms. The molecule has 5 heteroatoms. The lowest BCUT2D eigenvalue weighted by Crippen LogP contribution is -2.26. The summed E-state index contributed by atoms with van der Waals surface area (Å²) in [5.74, 6) is -1.91. The first kappa shape index (κ1) is 17.6. The highest BCUT2D eigenvalue weighted by molar-refractivity contribution is 5.94. The van der Waals surface area contributed by atoms with E-state index in [4.69, 9.17) is 5.11 Å². The van der Waals surface area contributed by atoms with Crippen molar-refractivity contribution in [2.45, 2.75) is 38.5 Å². The number of carbonyl (C=O) groups is 2. The number of aliphatic hydroxyl groups is 1. The average molecular weight is 272 g/mol. The molecule has 1 N–H and O–H groups in total. The first-order valence-corrected chi connectivity index (χ1v) is 6.58. The zero-order valence-electron chi connectivity index (χ0n) is 11.8. The van der Waals surface area contributed by atoms with Gasteiger partial charge in [-0.2, -0.15) is 0 Å². The van der Waals surface area contributed by atoms with Crippen LogP contribution in [0.25, 0.3) is 0 Å². The van der Waals surface area contributed by atoms with Gasteiger partial charge in [0.25, 0.3) is 0 Å². The van der Waals surface area contributed by atoms with Gasteiger partial charge < -0.3 is 14.6 Å². The topological polar surface area (TPSA) is 72.8 Å². The van der Waals surface area contributed by atoms with Crippen LogP contribution >= 0.6 is 0 Å². The van der Waals surface area contributed by atoms with Gasteiger partial charge in [-0.25, -0.2) is 0 Å². The van der Waals surface area contributed by atoms with Gasteiger partial charge in [0.1, 0.15) is 0 Å². The molecule has 0 aliphatic carbocycles. The maximum Gasteiger partial charge on any atom is 0.320 e. The highest BCUT2D eigenvalue weighted by atomic mass is 16.5. The summed E-state index contributed by atoms with van der Waals surface area (Å²) in [6.07, 6.45) is 8.79. The summed E-state index contributed by atoms with van der Waals surface area (Å²) in [7, 11) is 2.53. The first-order valence-electron chi connectivity index (χ1n) is 6.58. The minimum Gasteiger partial charge on any atom is -0.468 e. The third kappa shape index (κ3) is 8.37. The minimum atomic E-state index is -0.821. The van der Waals surface area contributed by atoms with Crippen LogP contribution in [0.5, 0.6) is 0 Å². The van der Waals surface area contributed by atoms with Gasteiger partial charge >= 0.3 is 11.9 Å². The molecular formula is C14H24O5. The van der Waals surface area contributed by atoms with Gasteiger partial charge in [0.05, 0.1) is 14.2 Å². The van der Waals surface area contributed by atoms with E-state index in [2.05, 4.69) is 15.5 Å². The molecule has 0 fully saturated rings. The fraction of sp³-hybridized carbons (Fsp3) is 0.714. The fourth-order valence-electron chi connectivity index (χ4n) is 1.67. The Morgan fingerprint density at radius 3 is 2.00 bits per heavy atom. The monoisotopic (exact) mass is 272 g/mol. The molecule has 0 amide bonds. The normalized spacial score (nSPS) is 10.9. The summed E-state index contributed by atoms with van der Waals surface area (Å²) < 4.78 is 9.15. The molecule has 0 aromatic carbocycles. The molecule has 0 unspecified atom stereocenters. The molecule has 0 aromatic heterocycles. The Balaban J connectivity index is 3.87. The largest absolute Gasteiger partial charge is 0.468 e. The summed E-state index contributed by atoms with van der Waals surface area (Å²) in [5, 5.41) is 8.61. The van der Waals surface area contributed by atoms with Gasteiger partial charge in [-0.1, -0.05) is 12.2 Å². The lowest BCUT2D eigenvalue weighted by atomic mass is 10.0. The van der Waals surface area contributed by atoms with Crippen LogP contribution in [0, 0.1) is 5.92 Å². The number of aliphatic hydroxyl groups excluding tert-OH is 1. The van der Waals surface area contributed by atoms with Crippen molar-refractivity contribution in [3.63, 3.8) is 0 Å². The van der Waals surface area contributed by atoms with Crippen molar-refractivity contribution < 1.29 is 24.2 Å². The number of ether oxygens (including phenoxy) is 2. The van der Waals surface area contributed by atoms with Crippen molar-refractivity contribution in [2.75, 3.05) is 20.8 Å². The number of hydrogen-bond acceptors (Lipinski definition) is 5. The third-order valence-electron chi connectivity index (χ3n) is 2.78. The average Bonchev–Trinajstić information content (AvgIpc) is 2.44. The molecule has 0 aromatic rings. The second-order valence-electron chi connectivity index (χ2n) is 4.22. The Kier molecular flexibility index (Phi) is 10.9. The van der Waals surface area contributed by atoms with E-state index in [0.29, 0.717) is 6.42 Å². The fourth-order valence-corrected chi connectivity index (χ4v) is 1.67. The number of rotatable bonds is 10. The number of esters is 2. The Morgan fingerprint density at radius 2 is 1.53 bits per heavy atom. The predicted octanol–water partition coefficient (Wildman–Crippen LogP) is 1.84. The molecule has 0 heterocycles. The molecule has 0 rings (SSSR count). The van der Waals surface area contributed by atoms with Gasteiger partial charge in [-0.15, -0.1) is 0 Å². The molecular weight excluding hydrogens is 248 g/mol. The van der Waals surface area contributed by atoms with Crippen molar-refractivity contribution >= 4 is 11.9 Å². The Hall–Kier alpha value is -1.36. The number of allylic oxidation sites excluding steroid dienone is 2. The van der Waals surface area contributed by atoms with E-state index in [1.165, 1.54) is 14.2 Å². The zero-order chi connectivity index (χ0) is 14.5. The Bertz CT molecular complexity index is 270. The van der Waals surface area contributed by atoms with Crippen LogP contribution in [-0.4, -0.2) is 37.9 Å². The SMILES string of the molecule is COC(=O)C(CCC/C=C/CCCCO)C(=O)OC. The summed E-state index contributed by atoms with van der Waals surface area (Å²) >= 11 is 0. The second-order valence-corrected chi connectivity index (χ2v) is 4.22. The van der Waals surface area contributed by atoms with E-state index in [1.54, 1.807) is 0 Å². The molecule has 0 spiro atoms. The Labute approximate surface area is 114 Å². The van der Waals surface area contributed by atoms with Gasteiger partial charge in [0, 0.05) is 6.61 Å². The quantitative estimate of drug-likeness (QED) is 0.284. The van der Waals surface area contributed by atoms with Crippen LogP contribution < -0.4 is 0 Å². The number of unbranched alkanes of at least 4 members (excludes halogenated alkanes) is 3. The van der Waals surface area contributed by atoms with Crippen molar-refractivity contribution in [2.24, 2.45) is 5.92 Å². The van der Waals surface area contributed by atoms with Crippen LogP contribution in [0.2, 0.25) is 0 Å². The molecule has 0 atom stereocenters. The van der Waals surface area contributed by atoms with Gasteiger partial charge in [0.2, 0.25) is 0 Å². The minimum absolute atomic E-state index is 0.230. The number of carbonyl (C=O) groups excluding carboxylic acids is 2. The summed E-state index contributed by atoms with van der Waals surface area (Å²) in [5.41, 5.74) is 0. The van der Waals surface area contributed by atoms with E-state index in [9.17, 15) is 9.59 Å². The van der Waals surface area contributed by atoms with E-state index in [0.717, 1.165) is 32.1 Å². The molecule has 0 radical (unpaired) electrons. The van der Waals surface area contributed by atoms with Crippen molar-refractivity contribution in [1.29, 1.82) is 0 Å². The van der Waals surface area contributed by atoms with E-state index >= 15 is 0 Å². The van der Waals surface area contributed by atoms with E-state index in [1.807, 2.05) is 6.08 Å². The van der Waals surface area contributed by atoms with E-state index < -0.39 is 17.9 Å². The molecule has 5 nitrogen and oxygen atoms in total. The highest BCUT2D eigenvalue weighted by Gasteiger charge is 2.27. The lowest BCUT2D eigenvalue weighted by molar-refractivity contribution is -0.159. The Morgan fingerprint density at radius 1 is 1.00 bits per heavy atom. The van der Waals surface area contributed by atoms with E-state index in [-0.39, 0.29) is 6.61 Å². The number of methoxy groups -OCH3 is 2. The van der Waals surface area contributed by atoms with Gasteiger partial charge in [0.15, 0.2) is 5.92 Å². The molecule has 0 aliphatic rings. The maximum absolute atomic E-state index is 11.4. The summed E-state index contributed by atoms with van der Waals surface area (Å²) in [4.78, 5) is 22.8. The maximum atomic E-state index is 11.4. The zero-order valence-corrected chi connectivity index (χ0v) is 11.8. The lowest BCUT2D eigenvalue weighted by Gasteiger charge is -2.11. The standard InChI is InChI=1S/C14H24O5/c1-18-13(16)12(14(17)19-2)10-8-6-4-3-5-7-9-11-15/h3-4,12,15H,5-11H2,1-2H3/b4-3+. The van der Waals surface area contributed by atoms with Gasteiger partial charge in [-0.3, -0.25) is 9.59 Å². The van der Waals surface area contributed by atoms with Crippen LogP contribution in [-0.2, 0) is 19.1 Å². The van der Waals surface area contributed by atoms with Gasteiger partial charge in [-0.05, 0) is 38.5 Å². The molecule has 0 bridgehead atoms. The first-order chi connectivity index (χ1) is 9.17. The summed E-state index contributed by atoms with van der Waals surface area (Å²) in [6.45, 7) is 0.230. The molecule has 0 saturated heterocycles. The van der Waals surface area contributed by atoms with Crippen LogP contribution in [0.15, 0.2) is 12.2 Å². The highest BCUT2D eigenvalue weighted by Crippen LogP contribution is 2.13. The smallest absolute Gasteiger partial charge is 0.320 e. The second kappa shape index (κ2) is 11.7. The van der Waals surface area contributed by atoms with Crippen LogP contribution in [0.1, 0.15) is 38.5 Å². The predicted molar refractivity (Wildman–Crippen MR) is 71.4 cm³/mol. The van der Waals surface area contributed by atoms with Crippen molar-refractivity contribution in [3.05, 3.63) is 12.2 Å². The molecule has 0 saturated carbocycles. The summed E-state index contributed by atoms with van der Waals surface area (Å²) in [6, 6.07) is 0. The third-order valence-corrected chi connectivity index (χ3v) is 2.78. The molecule has 0 aliphatic heterocycles. The number of hydrogen-bond donors (Lipinski definition) is 1. The molecule has 110 valence electrons. The van der Waals surface area contributed by atoms with Crippen molar-refractivity contribution in [3.8, 4) is 0 Å². The van der Waals surface area contributed by atoms with Crippen LogP contribution in [0.4, 0.5) is 0 Å². The van der Waals surface area contributed by atoms with Crippen molar-refractivity contribution in [1.82, 2.24) is 0 Å². The van der Waals surface area contributed by atoms with Crippen LogP contribution in [0.3, 0.4) is 0 Å².